The maximum Gasteiger partial charge on any atom is 0.000525 e. The van der Waals surface area contributed by atoms with Crippen LogP contribution in [0.25, 0.3) is 0 Å². The molecule has 0 heterocycles. The molecule has 0 nitrogen and oxygen atoms in total. The highest BCUT2D eigenvalue weighted by atomic mass is 35.5. The number of rotatable bonds is 3. The Labute approximate surface area is 110 Å². The molecule has 1 aromatic rings. The minimum absolute atomic E-state index is 0.707. The van der Waals surface area contributed by atoms with Gasteiger partial charge in [0.05, 0.1) is 0 Å². The molecular weight excluding hydrogens is 228 g/mol. The van der Waals surface area contributed by atoms with Crippen LogP contribution in [0.1, 0.15) is 49.7 Å². The van der Waals surface area contributed by atoms with Crippen molar-refractivity contribution in [2.24, 2.45) is 5.92 Å². The second-order valence-corrected chi connectivity index (χ2v) is 5.28. The lowest BCUT2D eigenvalue weighted by molar-refractivity contribution is 0.376. The van der Waals surface area contributed by atoms with E-state index in [1.54, 1.807) is 5.54 Å². The molecule has 1 aromatic carbocycles. The highest BCUT2D eigenvalue weighted by Gasteiger charge is 2.20. The van der Waals surface area contributed by atoms with Gasteiger partial charge < -0.3 is 0 Å². The maximum absolute atomic E-state index is 5.64. The van der Waals surface area contributed by atoms with Gasteiger partial charge in [0.1, 0.15) is 0 Å². The Morgan fingerprint density at radius 2 is 1.76 bits per heavy atom. The van der Waals surface area contributed by atoms with Crippen molar-refractivity contribution in [1.29, 1.82) is 0 Å². The molecule has 0 unspecified atom stereocenters. The number of hydrogen-bond acceptors (Lipinski definition) is 0. The third kappa shape index (κ3) is 3.35. The summed E-state index contributed by atoms with van der Waals surface area (Å²) >= 11 is 5.64. The van der Waals surface area contributed by atoms with Crippen molar-refractivity contribution in [3.8, 4) is 0 Å². The van der Waals surface area contributed by atoms with Crippen LogP contribution in [0.15, 0.2) is 35.9 Å². The molecule has 0 spiro atoms. The molecule has 0 aliphatic heterocycles. The molecule has 1 aliphatic rings. The molecule has 0 bridgehead atoms. The van der Waals surface area contributed by atoms with Crippen LogP contribution in [0, 0.1) is 5.92 Å². The van der Waals surface area contributed by atoms with Gasteiger partial charge >= 0.3 is 0 Å². The Kier molecular flexibility index (Phi) is 4.67. The van der Waals surface area contributed by atoms with Gasteiger partial charge in [-0.25, -0.2) is 0 Å². The summed E-state index contributed by atoms with van der Waals surface area (Å²) in [6.07, 6.45) is 8.45. The van der Waals surface area contributed by atoms with E-state index in [1.807, 2.05) is 0 Å². The molecule has 17 heavy (non-hydrogen) atoms. The quantitative estimate of drug-likeness (QED) is 0.683. The van der Waals surface area contributed by atoms with Gasteiger partial charge in [0.2, 0.25) is 0 Å². The molecule has 1 fully saturated rings. The van der Waals surface area contributed by atoms with Gasteiger partial charge in [0.15, 0.2) is 0 Å². The van der Waals surface area contributed by atoms with E-state index in [4.69, 9.17) is 11.6 Å². The minimum atomic E-state index is 0.707. The van der Waals surface area contributed by atoms with Gasteiger partial charge in [-0.15, -0.1) is 0 Å². The van der Waals surface area contributed by atoms with Gasteiger partial charge in [-0.3, -0.25) is 0 Å². The maximum atomic E-state index is 5.64. The van der Waals surface area contributed by atoms with Crippen molar-refractivity contribution in [3.63, 3.8) is 0 Å². The third-order valence-electron chi connectivity index (χ3n) is 3.98. The van der Waals surface area contributed by atoms with Crippen LogP contribution in [0.4, 0.5) is 0 Å². The molecule has 2 rings (SSSR count). The molecule has 0 N–H and O–H groups in total. The van der Waals surface area contributed by atoms with E-state index in [2.05, 4.69) is 37.3 Å². The SMILES string of the molecule is CCc1ccc(C2CCC(C=CCl)CC2)cc1. The highest BCUT2D eigenvalue weighted by Crippen LogP contribution is 2.36. The summed E-state index contributed by atoms with van der Waals surface area (Å²) in [6.45, 7) is 2.21. The molecular formula is C16H21Cl. The normalized spacial score (nSPS) is 25.3. The van der Waals surface area contributed by atoms with E-state index < -0.39 is 0 Å². The minimum Gasteiger partial charge on any atom is -0.0933 e. The lowest BCUT2D eigenvalue weighted by Gasteiger charge is -2.27. The van der Waals surface area contributed by atoms with Crippen molar-refractivity contribution in [3.05, 3.63) is 47.0 Å². The van der Waals surface area contributed by atoms with Gasteiger partial charge in [-0.1, -0.05) is 48.9 Å². The van der Waals surface area contributed by atoms with Crippen LogP contribution < -0.4 is 0 Å². The average molecular weight is 249 g/mol. The summed E-state index contributed by atoms with van der Waals surface area (Å²) < 4.78 is 0. The smallest absolute Gasteiger partial charge is 0.000525 e. The van der Waals surface area contributed by atoms with Crippen LogP contribution in [0.3, 0.4) is 0 Å². The Morgan fingerprint density at radius 3 is 2.29 bits per heavy atom. The van der Waals surface area contributed by atoms with E-state index >= 15 is 0 Å². The lowest BCUT2D eigenvalue weighted by Crippen LogP contribution is -2.11. The van der Waals surface area contributed by atoms with Gasteiger partial charge in [-0.05, 0) is 55.1 Å². The fourth-order valence-electron chi connectivity index (χ4n) is 2.77. The Hall–Kier alpha value is -0.750. The largest absolute Gasteiger partial charge is 0.0933 e. The first kappa shape index (κ1) is 12.7. The first-order valence-electron chi connectivity index (χ1n) is 6.69. The number of allylic oxidation sites excluding steroid dienone is 1. The zero-order valence-corrected chi connectivity index (χ0v) is 11.3. The van der Waals surface area contributed by atoms with Gasteiger partial charge in [0.25, 0.3) is 0 Å². The first-order valence-corrected chi connectivity index (χ1v) is 7.13. The zero-order valence-electron chi connectivity index (χ0n) is 10.5. The summed E-state index contributed by atoms with van der Waals surface area (Å²) in [4.78, 5) is 0. The van der Waals surface area contributed by atoms with Crippen molar-refractivity contribution in [2.45, 2.75) is 44.9 Å². The Bertz CT molecular complexity index is 356. The van der Waals surface area contributed by atoms with E-state index in [0.717, 1.165) is 12.3 Å². The number of hydrogen-bond donors (Lipinski definition) is 0. The van der Waals surface area contributed by atoms with Crippen LogP contribution in [0.5, 0.6) is 0 Å². The number of aryl methyl sites for hydroxylation is 1. The molecule has 0 saturated heterocycles. The fraction of sp³-hybridized carbons (Fsp3) is 0.500. The van der Waals surface area contributed by atoms with Gasteiger partial charge in [0, 0.05) is 5.54 Å². The molecule has 0 atom stereocenters. The predicted octanol–water partition coefficient (Wildman–Crippen LogP) is 5.28. The second kappa shape index (κ2) is 6.26. The molecule has 92 valence electrons. The van der Waals surface area contributed by atoms with E-state index in [9.17, 15) is 0 Å². The lowest BCUT2D eigenvalue weighted by atomic mass is 9.78. The molecule has 0 aromatic heterocycles. The van der Waals surface area contributed by atoms with Crippen molar-refractivity contribution < 1.29 is 0 Å². The van der Waals surface area contributed by atoms with Gasteiger partial charge in [-0.2, -0.15) is 0 Å². The summed E-state index contributed by atoms with van der Waals surface area (Å²) in [5, 5.41) is 0. The molecule has 1 saturated carbocycles. The van der Waals surface area contributed by atoms with E-state index in [0.29, 0.717) is 5.92 Å². The molecule has 0 radical (unpaired) electrons. The summed E-state index contributed by atoms with van der Waals surface area (Å²) in [7, 11) is 0. The summed E-state index contributed by atoms with van der Waals surface area (Å²) in [6, 6.07) is 9.20. The number of halogens is 1. The molecule has 0 amide bonds. The van der Waals surface area contributed by atoms with E-state index in [1.165, 1.54) is 36.8 Å². The summed E-state index contributed by atoms with van der Waals surface area (Å²) in [5.74, 6) is 1.47. The topological polar surface area (TPSA) is 0 Å². The van der Waals surface area contributed by atoms with Crippen LogP contribution in [0.2, 0.25) is 0 Å². The average Bonchev–Trinajstić information content (AvgIpc) is 2.40. The monoisotopic (exact) mass is 248 g/mol. The van der Waals surface area contributed by atoms with Crippen molar-refractivity contribution in [2.75, 3.05) is 0 Å². The fourth-order valence-corrected chi connectivity index (χ4v) is 2.98. The van der Waals surface area contributed by atoms with Crippen LogP contribution in [-0.4, -0.2) is 0 Å². The van der Waals surface area contributed by atoms with Crippen LogP contribution >= 0.6 is 11.6 Å². The van der Waals surface area contributed by atoms with Crippen molar-refractivity contribution in [1.82, 2.24) is 0 Å². The second-order valence-electron chi connectivity index (χ2n) is 5.03. The highest BCUT2D eigenvalue weighted by molar-refractivity contribution is 6.25. The van der Waals surface area contributed by atoms with E-state index in [-0.39, 0.29) is 0 Å². The first-order chi connectivity index (χ1) is 8.33. The molecule has 1 aliphatic carbocycles. The Morgan fingerprint density at radius 1 is 1.12 bits per heavy atom. The standard InChI is InChI=1S/C16H21Cl/c1-2-13-3-7-15(8-4-13)16-9-5-14(6-10-16)11-12-17/h3-4,7-8,11-12,14,16H,2,5-6,9-10H2,1H3. The predicted molar refractivity (Wildman–Crippen MR) is 75.5 cm³/mol. The number of benzene rings is 1. The zero-order chi connectivity index (χ0) is 12.1. The summed E-state index contributed by atoms with van der Waals surface area (Å²) in [5.41, 5.74) is 4.64. The Balaban J connectivity index is 1.95. The molecule has 1 heteroatoms. The van der Waals surface area contributed by atoms with Crippen LogP contribution in [-0.2, 0) is 6.42 Å². The van der Waals surface area contributed by atoms with Crippen molar-refractivity contribution >= 4 is 11.6 Å². The third-order valence-corrected chi connectivity index (χ3v) is 4.12.